The first-order valence-electron chi connectivity index (χ1n) is 5.45. The zero-order chi connectivity index (χ0) is 13.3. The Bertz CT molecular complexity index is 635. The number of aromatic nitrogens is 2. The smallest absolute Gasteiger partial charge is 0.316 e. The van der Waals surface area contributed by atoms with Crippen molar-refractivity contribution >= 4 is 11.6 Å². The first-order valence-corrected chi connectivity index (χ1v) is 5.45. The number of carbonyl (C=O) groups excluding carboxylic acids is 1. The summed E-state index contributed by atoms with van der Waals surface area (Å²) in [6, 6.07) is 5.69. The number of benzene rings is 1. The molecule has 0 spiro atoms. The molecule has 0 radical (unpaired) electrons. The van der Waals surface area contributed by atoms with Gasteiger partial charge in [-0.1, -0.05) is 22.9 Å². The van der Waals surface area contributed by atoms with E-state index in [4.69, 9.17) is 0 Å². The number of amides is 1. The summed E-state index contributed by atoms with van der Waals surface area (Å²) in [6.07, 6.45) is 0. The quantitative estimate of drug-likeness (QED) is 0.766. The third-order valence-electron chi connectivity index (χ3n) is 2.74. The number of para-hydroxylation sites is 1. The number of anilines is 1. The average molecular weight is 248 g/mol. The summed E-state index contributed by atoms with van der Waals surface area (Å²) < 4.78 is 5.78. The number of H-pyrrole nitrogens is 1. The lowest BCUT2D eigenvalue weighted by molar-refractivity contribution is -0.741. The van der Waals surface area contributed by atoms with Gasteiger partial charge in [-0.05, 0) is 30.2 Å². The number of rotatable bonds is 2. The molecule has 6 nitrogen and oxygen atoms in total. The molecule has 2 aromatic rings. The highest BCUT2D eigenvalue weighted by Crippen LogP contribution is 2.19. The molecule has 0 fully saturated rings. The van der Waals surface area contributed by atoms with E-state index in [9.17, 15) is 9.59 Å². The van der Waals surface area contributed by atoms with Crippen molar-refractivity contribution in [2.45, 2.75) is 13.8 Å². The van der Waals surface area contributed by atoms with E-state index >= 15 is 0 Å². The highest BCUT2D eigenvalue weighted by molar-refractivity contribution is 6.02. The van der Waals surface area contributed by atoms with Gasteiger partial charge in [0.05, 0.1) is 0 Å². The fourth-order valence-electron chi connectivity index (χ4n) is 1.77. The van der Waals surface area contributed by atoms with Gasteiger partial charge in [0.1, 0.15) is 0 Å². The van der Waals surface area contributed by atoms with Crippen LogP contribution >= 0.6 is 0 Å². The fraction of sp³-hybridized carbons (Fsp3) is 0.250. The third-order valence-corrected chi connectivity index (χ3v) is 2.74. The van der Waals surface area contributed by atoms with Gasteiger partial charge >= 0.3 is 17.2 Å². The highest BCUT2D eigenvalue weighted by atomic mass is 16.5. The molecule has 0 aliphatic heterocycles. The molecule has 1 aromatic heterocycles. The zero-order valence-corrected chi connectivity index (χ0v) is 10.4. The standard InChI is InChI=1S/C12H13N3O3/c1-7-5-4-6-8(2)9(7)13-11(16)10-12(17)18-14-15(10)3/h4-6H,1-3H3,(H-,13,14,16,17)/p+1. The molecule has 18 heavy (non-hydrogen) atoms. The second-order valence-corrected chi connectivity index (χ2v) is 4.11. The normalized spacial score (nSPS) is 10.4. The van der Waals surface area contributed by atoms with Gasteiger partial charge in [-0.2, -0.15) is 0 Å². The van der Waals surface area contributed by atoms with E-state index in [1.165, 1.54) is 11.7 Å². The molecule has 0 saturated heterocycles. The number of aromatic amines is 1. The fourth-order valence-corrected chi connectivity index (χ4v) is 1.77. The lowest BCUT2D eigenvalue weighted by atomic mass is 10.1. The van der Waals surface area contributed by atoms with Crippen LogP contribution in [0.5, 0.6) is 0 Å². The van der Waals surface area contributed by atoms with Crippen molar-refractivity contribution in [1.82, 2.24) is 5.27 Å². The molecule has 94 valence electrons. The minimum absolute atomic E-state index is 0.0716. The van der Waals surface area contributed by atoms with E-state index in [1.54, 1.807) is 0 Å². The maximum absolute atomic E-state index is 12.0. The minimum Gasteiger partial charge on any atom is -0.316 e. The van der Waals surface area contributed by atoms with Crippen molar-refractivity contribution in [3.8, 4) is 0 Å². The summed E-state index contributed by atoms with van der Waals surface area (Å²) in [7, 11) is 1.53. The first kappa shape index (κ1) is 12.1. The van der Waals surface area contributed by atoms with Crippen LogP contribution in [-0.4, -0.2) is 11.2 Å². The Morgan fingerprint density at radius 3 is 2.44 bits per heavy atom. The third kappa shape index (κ3) is 2.04. The molecular formula is C12H14N3O3+. The van der Waals surface area contributed by atoms with E-state index < -0.39 is 11.5 Å². The van der Waals surface area contributed by atoms with E-state index in [1.807, 2.05) is 32.0 Å². The maximum Gasteiger partial charge on any atom is 0.440 e. The summed E-state index contributed by atoms with van der Waals surface area (Å²) in [4.78, 5) is 23.4. The van der Waals surface area contributed by atoms with Crippen molar-refractivity contribution < 1.29 is 14.0 Å². The van der Waals surface area contributed by atoms with Crippen LogP contribution in [0.4, 0.5) is 5.69 Å². The first-order chi connectivity index (χ1) is 8.50. The van der Waals surface area contributed by atoms with Gasteiger partial charge in [0.2, 0.25) is 0 Å². The maximum atomic E-state index is 12.0. The largest absolute Gasteiger partial charge is 0.440 e. The van der Waals surface area contributed by atoms with Crippen molar-refractivity contribution in [3.05, 3.63) is 45.4 Å². The molecule has 0 unspecified atom stereocenters. The van der Waals surface area contributed by atoms with Crippen LogP contribution < -0.4 is 15.6 Å². The Kier molecular flexibility index (Phi) is 3.01. The lowest BCUT2D eigenvalue weighted by Crippen LogP contribution is -2.41. The molecule has 2 rings (SSSR count). The van der Waals surface area contributed by atoms with E-state index in [0.29, 0.717) is 5.69 Å². The van der Waals surface area contributed by atoms with Gasteiger partial charge in [-0.25, -0.2) is 4.79 Å². The van der Waals surface area contributed by atoms with Crippen molar-refractivity contribution in [2.75, 3.05) is 5.32 Å². The summed E-state index contributed by atoms with van der Waals surface area (Å²) in [5, 5.41) is 5.02. The second-order valence-electron chi connectivity index (χ2n) is 4.11. The Balaban J connectivity index is 2.36. The number of aryl methyl sites for hydroxylation is 3. The number of nitrogens with one attached hydrogen (secondary N) is 2. The van der Waals surface area contributed by atoms with Crippen LogP contribution in [0.25, 0.3) is 0 Å². The van der Waals surface area contributed by atoms with Gasteiger partial charge in [-0.15, -0.1) is 0 Å². The van der Waals surface area contributed by atoms with Gasteiger partial charge in [0.15, 0.2) is 7.05 Å². The minimum atomic E-state index is -0.693. The Labute approximate surface area is 103 Å². The summed E-state index contributed by atoms with van der Waals surface area (Å²) >= 11 is 0. The van der Waals surface area contributed by atoms with Crippen LogP contribution in [0.3, 0.4) is 0 Å². The Morgan fingerprint density at radius 2 is 1.94 bits per heavy atom. The molecule has 2 N–H and O–H groups in total. The summed E-state index contributed by atoms with van der Waals surface area (Å²) in [5.74, 6) is -0.495. The molecule has 0 bridgehead atoms. The van der Waals surface area contributed by atoms with Gasteiger partial charge < -0.3 is 5.32 Å². The number of hydrogen-bond acceptors (Lipinski definition) is 3. The predicted octanol–water partition coefficient (Wildman–Crippen LogP) is 0.662. The Hall–Kier alpha value is -2.37. The molecule has 0 aliphatic carbocycles. The van der Waals surface area contributed by atoms with E-state index in [-0.39, 0.29) is 5.69 Å². The van der Waals surface area contributed by atoms with Gasteiger partial charge in [0, 0.05) is 5.69 Å². The molecule has 0 atom stereocenters. The monoisotopic (exact) mass is 248 g/mol. The average Bonchev–Trinajstić information content (AvgIpc) is 2.64. The lowest BCUT2D eigenvalue weighted by Gasteiger charge is -2.08. The van der Waals surface area contributed by atoms with Crippen LogP contribution in [0.2, 0.25) is 0 Å². The van der Waals surface area contributed by atoms with Crippen LogP contribution in [0.1, 0.15) is 21.6 Å². The highest BCUT2D eigenvalue weighted by Gasteiger charge is 2.27. The SMILES string of the molecule is Cc1cccc(C)c1NC(=O)c1c(=O)o[nH][n+]1C. The molecule has 6 heteroatoms. The molecule has 1 amide bonds. The van der Waals surface area contributed by atoms with Gasteiger partial charge in [-0.3, -0.25) is 9.32 Å². The van der Waals surface area contributed by atoms with E-state index in [2.05, 4.69) is 15.1 Å². The molecule has 1 heterocycles. The molecule has 0 aliphatic rings. The van der Waals surface area contributed by atoms with E-state index in [0.717, 1.165) is 11.1 Å². The van der Waals surface area contributed by atoms with Crippen LogP contribution in [0, 0.1) is 13.8 Å². The molecule has 0 saturated carbocycles. The second kappa shape index (κ2) is 4.48. The Morgan fingerprint density at radius 1 is 1.33 bits per heavy atom. The van der Waals surface area contributed by atoms with Crippen molar-refractivity contribution in [1.29, 1.82) is 0 Å². The van der Waals surface area contributed by atoms with Gasteiger partial charge in [0.25, 0.3) is 0 Å². The summed E-state index contributed by atoms with van der Waals surface area (Å²) in [5.41, 5.74) is 1.82. The van der Waals surface area contributed by atoms with Crippen molar-refractivity contribution in [3.63, 3.8) is 0 Å². The van der Waals surface area contributed by atoms with Crippen LogP contribution in [0.15, 0.2) is 27.5 Å². The molecule has 1 aromatic carbocycles. The van der Waals surface area contributed by atoms with Crippen LogP contribution in [-0.2, 0) is 7.05 Å². The molecular weight excluding hydrogens is 234 g/mol. The summed E-state index contributed by atoms with van der Waals surface area (Å²) in [6.45, 7) is 3.78. The zero-order valence-electron chi connectivity index (χ0n) is 10.4. The topological polar surface area (TPSA) is 79.0 Å². The number of carbonyl (C=O) groups is 1. The predicted molar refractivity (Wildman–Crippen MR) is 64.4 cm³/mol. The number of nitrogens with zero attached hydrogens (tertiary/aromatic N) is 1. The number of hydrogen-bond donors (Lipinski definition) is 2. The van der Waals surface area contributed by atoms with Crippen molar-refractivity contribution in [2.24, 2.45) is 7.05 Å².